The molecule has 0 spiro atoms. The molecule has 0 bridgehead atoms. The Hall–Kier alpha value is -0.160. The highest BCUT2D eigenvalue weighted by Gasteiger charge is 2.14. The molecule has 0 heterocycles. The Morgan fingerprint density at radius 2 is 1.08 bits per heavy atom. The number of rotatable bonds is 19. The molecule has 0 aromatic rings. The fourth-order valence-corrected chi connectivity index (χ4v) is 3.14. The van der Waals surface area contributed by atoms with E-state index in [0.717, 1.165) is 12.8 Å². The van der Waals surface area contributed by atoms with Gasteiger partial charge in [0.2, 0.25) is 0 Å². The molecule has 2 atom stereocenters. The van der Waals surface area contributed by atoms with Crippen molar-refractivity contribution in [3.8, 4) is 0 Å². The molecule has 0 aliphatic heterocycles. The zero-order valence-electron chi connectivity index (χ0n) is 16.1. The van der Waals surface area contributed by atoms with E-state index in [1.165, 1.54) is 83.5 Å². The van der Waals surface area contributed by atoms with Gasteiger partial charge in [-0.1, -0.05) is 103 Å². The van der Waals surface area contributed by atoms with Crippen molar-refractivity contribution in [1.82, 2.24) is 0 Å². The van der Waals surface area contributed by atoms with Crippen LogP contribution in [-0.4, -0.2) is 29.1 Å². The van der Waals surface area contributed by atoms with Crippen LogP contribution in [0.2, 0.25) is 0 Å². The molecule has 0 aromatic carbocycles. The van der Waals surface area contributed by atoms with Gasteiger partial charge < -0.3 is 10.8 Å². The number of nitrogens with two attached hydrogens (primary N) is 1. The number of unbranched alkanes of at least 4 members (excludes halogenated alkanes) is 14. The lowest BCUT2D eigenvalue weighted by Crippen LogP contribution is -2.38. The summed E-state index contributed by atoms with van der Waals surface area (Å²) in [4.78, 5) is 3.97. The molecule has 0 aliphatic rings. The summed E-state index contributed by atoms with van der Waals surface area (Å²) >= 11 is 0. The molecule has 0 aromatic heterocycles. The van der Waals surface area contributed by atoms with E-state index in [2.05, 4.69) is 11.8 Å². The fourth-order valence-electron chi connectivity index (χ4n) is 3.14. The van der Waals surface area contributed by atoms with Crippen LogP contribution in [0.5, 0.6) is 0 Å². The third-order valence-electron chi connectivity index (χ3n) is 4.86. The summed E-state index contributed by atoms with van der Waals surface area (Å²) < 4.78 is 0. The molecule has 0 saturated heterocycles. The van der Waals surface area contributed by atoms with Gasteiger partial charge in [-0.2, -0.15) is 0 Å². The molecule has 0 rings (SSSR count). The SMILES string of the molecule is CCCCCCCCCCCCCCCCCC(O)C(N)COO. The van der Waals surface area contributed by atoms with Crippen LogP contribution < -0.4 is 5.73 Å². The minimum atomic E-state index is -0.570. The smallest absolute Gasteiger partial charge is 0.0995 e. The molecular weight excluding hydrogens is 302 g/mol. The van der Waals surface area contributed by atoms with E-state index in [1.807, 2.05) is 0 Å². The van der Waals surface area contributed by atoms with Crippen molar-refractivity contribution in [2.24, 2.45) is 5.73 Å². The number of hydrogen-bond donors (Lipinski definition) is 3. The predicted molar refractivity (Wildman–Crippen MR) is 102 cm³/mol. The van der Waals surface area contributed by atoms with Gasteiger partial charge in [0.05, 0.1) is 18.8 Å². The van der Waals surface area contributed by atoms with Gasteiger partial charge in [-0.25, -0.2) is 4.89 Å². The van der Waals surface area contributed by atoms with Gasteiger partial charge in [0, 0.05) is 0 Å². The highest BCUT2D eigenvalue weighted by Crippen LogP contribution is 2.14. The maximum Gasteiger partial charge on any atom is 0.0995 e. The van der Waals surface area contributed by atoms with Crippen LogP contribution >= 0.6 is 0 Å². The largest absolute Gasteiger partial charge is 0.391 e. The van der Waals surface area contributed by atoms with Crippen LogP contribution in [0.3, 0.4) is 0 Å². The van der Waals surface area contributed by atoms with Crippen LogP contribution in [0.25, 0.3) is 0 Å². The van der Waals surface area contributed by atoms with E-state index in [-0.39, 0.29) is 6.61 Å². The molecular formula is C20H43NO3. The molecule has 24 heavy (non-hydrogen) atoms. The normalized spacial score (nSPS) is 14.0. The van der Waals surface area contributed by atoms with E-state index in [1.54, 1.807) is 0 Å². The first kappa shape index (κ1) is 23.8. The quantitative estimate of drug-likeness (QED) is 0.166. The second-order valence-electron chi connectivity index (χ2n) is 7.27. The van der Waals surface area contributed by atoms with Crippen LogP contribution in [0.15, 0.2) is 0 Å². The van der Waals surface area contributed by atoms with E-state index < -0.39 is 12.1 Å². The summed E-state index contributed by atoms with van der Waals surface area (Å²) in [6, 6.07) is -0.485. The summed E-state index contributed by atoms with van der Waals surface area (Å²) in [6.45, 7) is 2.27. The summed E-state index contributed by atoms with van der Waals surface area (Å²) in [5.74, 6) is 0. The highest BCUT2D eigenvalue weighted by molar-refractivity contribution is 4.70. The molecule has 2 unspecified atom stereocenters. The van der Waals surface area contributed by atoms with E-state index in [9.17, 15) is 5.11 Å². The van der Waals surface area contributed by atoms with Gasteiger partial charge in [-0.3, -0.25) is 5.26 Å². The van der Waals surface area contributed by atoms with Gasteiger partial charge in [0.1, 0.15) is 0 Å². The van der Waals surface area contributed by atoms with Gasteiger partial charge >= 0.3 is 0 Å². The number of hydrogen-bond acceptors (Lipinski definition) is 4. The van der Waals surface area contributed by atoms with E-state index in [4.69, 9.17) is 11.0 Å². The van der Waals surface area contributed by atoms with E-state index in [0.29, 0.717) is 6.42 Å². The average Bonchev–Trinajstić information content (AvgIpc) is 2.58. The average molecular weight is 346 g/mol. The van der Waals surface area contributed by atoms with Crippen LogP contribution in [-0.2, 0) is 4.89 Å². The van der Waals surface area contributed by atoms with Crippen LogP contribution in [0, 0.1) is 0 Å². The third kappa shape index (κ3) is 16.7. The molecule has 4 N–H and O–H groups in total. The molecule has 4 nitrogen and oxygen atoms in total. The Bertz CT molecular complexity index is 239. The molecule has 0 aliphatic carbocycles. The number of aliphatic hydroxyl groups excluding tert-OH is 1. The lowest BCUT2D eigenvalue weighted by molar-refractivity contribution is -0.248. The molecule has 0 saturated carbocycles. The summed E-state index contributed by atoms with van der Waals surface area (Å²) in [5, 5.41) is 18.0. The summed E-state index contributed by atoms with van der Waals surface area (Å²) in [6.07, 6.45) is 20.2. The lowest BCUT2D eigenvalue weighted by atomic mass is 10.0. The maximum absolute atomic E-state index is 9.74. The molecule has 0 amide bonds. The first-order chi connectivity index (χ1) is 11.7. The Morgan fingerprint density at radius 3 is 1.46 bits per heavy atom. The van der Waals surface area contributed by atoms with Crippen LogP contribution in [0.4, 0.5) is 0 Å². The van der Waals surface area contributed by atoms with Crippen molar-refractivity contribution < 1.29 is 15.3 Å². The Labute approximate surface area is 150 Å². The van der Waals surface area contributed by atoms with Crippen LogP contribution in [0.1, 0.15) is 110 Å². The molecule has 0 fully saturated rings. The molecule has 146 valence electrons. The van der Waals surface area contributed by atoms with Crippen molar-refractivity contribution in [2.75, 3.05) is 6.61 Å². The first-order valence-corrected chi connectivity index (χ1v) is 10.4. The second-order valence-corrected chi connectivity index (χ2v) is 7.27. The molecule has 4 heteroatoms. The Morgan fingerprint density at radius 1 is 0.708 bits per heavy atom. The predicted octanol–water partition coefficient (Wildman–Crippen LogP) is 5.43. The summed E-state index contributed by atoms with van der Waals surface area (Å²) in [5.41, 5.74) is 5.65. The fraction of sp³-hybridized carbons (Fsp3) is 1.00. The Kier molecular flexibility index (Phi) is 19.0. The van der Waals surface area contributed by atoms with Gasteiger partial charge in [-0.15, -0.1) is 0 Å². The highest BCUT2D eigenvalue weighted by atomic mass is 17.1. The third-order valence-corrected chi connectivity index (χ3v) is 4.86. The zero-order valence-corrected chi connectivity index (χ0v) is 16.1. The van der Waals surface area contributed by atoms with Crippen molar-refractivity contribution in [2.45, 2.75) is 122 Å². The summed E-state index contributed by atoms with van der Waals surface area (Å²) in [7, 11) is 0. The number of aliphatic hydroxyl groups is 1. The van der Waals surface area contributed by atoms with Gasteiger partial charge in [-0.05, 0) is 6.42 Å². The second kappa shape index (κ2) is 19.2. The van der Waals surface area contributed by atoms with Crippen molar-refractivity contribution in [3.05, 3.63) is 0 Å². The van der Waals surface area contributed by atoms with Crippen molar-refractivity contribution in [1.29, 1.82) is 0 Å². The monoisotopic (exact) mass is 345 g/mol. The minimum Gasteiger partial charge on any atom is -0.391 e. The first-order valence-electron chi connectivity index (χ1n) is 10.4. The van der Waals surface area contributed by atoms with Crippen molar-refractivity contribution >= 4 is 0 Å². The zero-order chi connectivity index (χ0) is 17.9. The van der Waals surface area contributed by atoms with E-state index >= 15 is 0 Å². The van der Waals surface area contributed by atoms with Gasteiger partial charge in [0.15, 0.2) is 0 Å². The maximum atomic E-state index is 9.74. The Balaban J connectivity index is 3.12. The standard InChI is InChI=1S/C20H43NO3/c1-2-3-4-5-6-7-8-9-10-11-12-13-14-15-16-17-20(22)19(21)18-24-23/h19-20,22-23H,2-18,21H2,1H3. The van der Waals surface area contributed by atoms with Crippen molar-refractivity contribution in [3.63, 3.8) is 0 Å². The topological polar surface area (TPSA) is 75.7 Å². The van der Waals surface area contributed by atoms with Gasteiger partial charge in [0.25, 0.3) is 0 Å². The molecule has 0 radical (unpaired) electrons. The lowest BCUT2D eigenvalue weighted by Gasteiger charge is -2.16. The minimum absolute atomic E-state index is 0.0000926.